The van der Waals surface area contributed by atoms with Gasteiger partial charge in [-0.3, -0.25) is 10.7 Å². The number of carbonyl (C=O) groups excluding carboxylic acids is 1. The van der Waals surface area contributed by atoms with Gasteiger partial charge in [0, 0.05) is 10.7 Å². The Labute approximate surface area is 111 Å². The highest BCUT2D eigenvalue weighted by Crippen LogP contribution is 2.22. The van der Waals surface area contributed by atoms with Crippen molar-refractivity contribution in [2.24, 2.45) is 5.73 Å². The Bertz CT molecular complexity index is 448. The molecule has 0 unspecified atom stereocenters. The maximum absolute atomic E-state index is 11.5. The number of guanidine groups is 1. The average Bonchev–Trinajstić information content (AvgIpc) is 2.28. The molecule has 0 aliphatic heterocycles. The number of benzene rings is 1. The molecule has 1 aromatic carbocycles. The lowest BCUT2D eigenvalue weighted by Crippen LogP contribution is -2.38. The van der Waals surface area contributed by atoms with Crippen molar-refractivity contribution in [3.8, 4) is 0 Å². The second kappa shape index (κ2) is 6.86. The van der Waals surface area contributed by atoms with E-state index >= 15 is 0 Å². The van der Waals surface area contributed by atoms with E-state index in [2.05, 4.69) is 17.6 Å². The minimum Gasteiger partial charge on any atom is -0.370 e. The molecule has 5 N–H and O–H groups in total. The van der Waals surface area contributed by atoms with Gasteiger partial charge in [-0.25, -0.2) is 4.79 Å². The summed E-state index contributed by atoms with van der Waals surface area (Å²) >= 11 is 5.93. The fourth-order valence-electron chi connectivity index (χ4n) is 1.53. The van der Waals surface area contributed by atoms with Gasteiger partial charge in [0.2, 0.25) is 0 Å². The topological polar surface area (TPSA) is 91.0 Å². The maximum atomic E-state index is 11.5. The van der Waals surface area contributed by atoms with Gasteiger partial charge < -0.3 is 11.1 Å². The first-order chi connectivity index (χ1) is 8.52. The average molecular weight is 269 g/mol. The van der Waals surface area contributed by atoms with Crippen LogP contribution < -0.4 is 16.4 Å². The Morgan fingerprint density at radius 1 is 1.50 bits per heavy atom. The fourth-order valence-corrected chi connectivity index (χ4v) is 1.73. The first-order valence-electron chi connectivity index (χ1n) is 5.73. The summed E-state index contributed by atoms with van der Waals surface area (Å²) in [6.45, 7) is 2.10. The summed E-state index contributed by atoms with van der Waals surface area (Å²) in [5, 5.41) is 12.4. The highest BCUT2D eigenvalue weighted by molar-refractivity contribution is 6.30. The van der Waals surface area contributed by atoms with Gasteiger partial charge in [0.1, 0.15) is 0 Å². The van der Waals surface area contributed by atoms with Gasteiger partial charge in [-0.2, -0.15) is 0 Å². The van der Waals surface area contributed by atoms with Crippen molar-refractivity contribution >= 4 is 29.3 Å². The summed E-state index contributed by atoms with van der Waals surface area (Å²) in [4.78, 5) is 11.5. The highest BCUT2D eigenvalue weighted by atomic mass is 35.5. The van der Waals surface area contributed by atoms with E-state index in [1.54, 1.807) is 12.1 Å². The van der Waals surface area contributed by atoms with Crippen LogP contribution in [0.4, 0.5) is 10.5 Å². The van der Waals surface area contributed by atoms with Gasteiger partial charge in [0.25, 0.3) is 0 Å². The van der Waals surface area contributed by atoms with E-state index in [9.17, 15) is 4.79 Å². The van der Waals surface area contributed by atoms with E-state index in [1.165, 1.54) is 0 Å². The fraction of sp³-hybridized carbons (Fsp3) is 0.333. The first kappa shape index (κ1) is 14.3. The Morgan fingerprint density at radius 3 is 2.83 bits per heavy atom. The lowest BCUT2D eigenvalue weighted by Gasteiger charge is -2.11. The van der Waals surface area contributed by atoms with Gasteiger partial charge in [-0.1, -0.05) is 24.9 Å². The molecule has 0 bridgehead atoms. The molecule has 0 aliphatic rings. The van der Waals surface area contributed by atoms with Crippen molar-refractivity contribution in [2.75, 3.05) is 5.32 Å². The number of urea groups is 1. The molecule has 5 nitrogen and oxygen atoms in total. The molecule has 0 aromatic heterocycles. The highest BCUT2D eigenvalue weighted by Gasteiger charge is 2.07. The summed E-state index contributed by atoms with van der Waals surface area (Å²) in [6.07, 6.45) is 2.92. The number of halogens is 1. The van der Waals surface area contributed by atoms with E-state index in [4.69, 9.17) is 22.7 Å². The van der Waals surface area contributed by atoms with Crippen molar-refractivity contribution in [1.29, 1.82) is 5.41 Å². The molecular weight excluding hydrogens is 252 g/mol. The zero-order valence-electron chi connectivity index (χ0n) is 10.2. The number of anilines is 1. The molecule has 0 saturated carbocycles. The van der Waals surface area contributed by atoms with Crippen LogP contribution in [-0.4, -0.2) is 12.0 Å². The summed E-state index contributed by atoms with van der Waals surface area (Å²) in [7, 11) is 0. The number of rotatable bonds is 4. The summed E-state index contributed by atoms with van der Waals surface area (Å²) in [5.74, 6) is -0.392. The minimum atomic E-state index is -0.525. The van der Waals surface area contributed by atoms with E-state index in [0.717, 1.165) is 24.8 Å². The number of carbonyl (C=O) groups is 1. The van der Waals surface area contributed by atoms with E-state index in [-0.39, 0.29) is 0 Å². The molecule has 1 rings (SSSR count). The summed E-state index contributed by atoms with van der Waals surface area (Å²) in [6, 6.07) is 4.76. The van der Waals surface area contributed by atoms with Crippen molar-refractivity contribution in [3.63, 3.8) is 0 Å². The molecule has 0 saturated heterocycles. The third-order valence-corrected chi connectivity index (χ3v) is 2.60. The van der Waals surface area contributed by atoms with E-state index in [1.807, 2.05) is 6.07 Å². The monoisotopic (exact) mass is 268 g/mol. The van der Waals surface area contributed by atoms with Crippen LogP contribution in [-0.2, 0) is 6.42 Å². The number of unbranched alkanes of at least 4 members (excludes halogenated alkanes) is 1. The van der Waals surface area contributed by atoms with Crippen LogP contribution in [0.15, 0.2) is 18.2 Å². The van der Waals surface area contributed by atoms with Crippen molar-refractivity contribution in [2.45, 2.75) is 26.2 Å². The van der Waals surface area contributed by atoms with Gasteiger partial charge in [0.15, 0.2) is 5.96 Å². The third-order valence-electron chi connectivity index (χ3n) is 2.36. The molecule has 1 aromatic rings. The summed E-state index contributed by atoms with van der Waals surface area (Å²) in [5.41, 5.74) is 6.74. The lowest BCUT2D eigenvalue weighted by atomic mass is 10.1. The van der Waals surface area contributed by atoms with Crippen molar-refractivity contribution < 1.29 is 4.79 Å². The molecule has 0 atom stereocenters. The summed E-state index contributed by atoms with van der Waals surface area (Å²) < 4.78 is 0. The molecule has 0 aliphatic carbocycles. The Hall–Kier alpha value is -1.75. The SMILES string of the molecule is CCCCc1cc(Cl)ccc1NC(=O)NC(=N)N. The standard InChI is InChI=1S/C12H17ClN4O/c1-2-3-4-8-7-9(13)5-6-10(8)16-12(18)17-11(14)15/h5-7H,2-4H2,1H3,(H5,14,15,16,17,18). The molecule has 18 heavy (non-hydrogen) atoms. The third kappa shape index (κ3) is 4.63. The number of aryl methyl sites for hydroxylation is 1. The molecular formula is C12H17ClN4O. The van der Waals surface area contributed by atoms with Crippen LogP contribution in [0.3, 0.4) is 0 Å². The van der Waals surface area contributed by atoms with Gasteiger partial charge in [0.05, 0.1) is 0 Å². The minimum absolute atomic E-state index is 0.392. The predicted octanol–water partition coefficient (Wildman–Crippen LogP) is 2.70. The number of nitrogens with two attached hydrogens (primary N) is 1. The zero-order valence-corrected chi connectivity index (χ0v) is 11.0. The molecule has 6 heteroatoms. The van der Waals surface area contributed by atoms with Crippen molar-refractivity contribution in [3.05, 3.63) is 28.8 Å². The molecule has 2 amide bonds. The number of hydrogen-bond donors (Lipinski definition) is 4. The molecule has 0 radical (unpaired) electrons. The largest absolute Gasteiger partial charge is 0.370 e. The van der Waals surface area contributed by atoms with Gasteiger partial charge in [-0.05, 0) is 36.6 Å². The number of amides is 2. The van der Waals surface area contributed by atoms with Crippen LogP contribution >= 0.6 is 11.6 Å². The smallest absolute Gasteiger partial charge is 0.325 e. The van der Waals surface area contributed by atoms with Crippen LogP contribution in [0.25, 0.3) is 0 Å². The second-order valence-electron chi connectivity index (χ2n) is 3.90. The number of nitrogens with one attached hydrogen (secondary N) is 3. The predicted molar refractivity (Wildman–Crippen MR) is 74.1 cm³/mol. The van der Waals surface area contributed by atoms with E-state index < -0.39 is 12.0 Å². The molecule has 98 valence electrons. The van der Waals surface area contributed by atoms with Crippen LogP contribution in [0.1, 0.15) is 25.3 Å². The van der Waals surface area contributed by atoms with Crippen LogP contribution in [0.5, 0.6) is 0 Å². The Kier molecular flexibility index (Phi) is 5.45. The van der Waals surface area contributed by atoms with Gasteiger partial charge >= 0.3 is 6.03 Å². The Balaban J connectivity index is 2.80. The Morgan fingerprint density at radius 2 is 2.22 bits per heavy atom. The molecule has 0 spiro atoms. The van der Waals surface area contributed by atoms with E-state index in [0.29, 0.717) is 10.7 Å². The number of hydrogen-bond acceptors (Lipinski definition) is 2. The maximum Gasteiger partial charge on any atom is 0.325 e. The zero-order chi connectivity index (χ0) is 13.5. The normalized spacial score (nSPS) is 9.89. The quantitative estimate of drug-likeness (QED) is 0.499. The first-order valence-corrected chi connectivity index (χ1v) is 6.11. The van der Waals surface area contributed by atoms with Crippen LogP contribution in [0, 0.1) is 5.41 Å². The van der Waals surface area contributed by atoms with Crippen molar-refractivity contribution in [1.82, 2.24) is 5.32 Å². The van der Waals surface area contributed by atoms with Crippen LogP contribution in [0.2, 0.25) is 5.02 Å². The lowest BCUT2D eigenvalue weighted by molar-refractivity contribution is 0.256. The molecule has 0 heterocycles. The molecule has 0 fully saturated rings. The second-order valence-corrected chi connectivity index (χ2v) is 4.33. The van der Waals surface area contributed by atoms with Gasteiger partial charge in [-0.15, -0.1) is 0 Å².